The van der Waals surface area contributed by atoms with Gasteiger partial charge in [-0.3, -0.25) is 19.0 Å². The lowest BCUT2D eigenvalue weighted by molar-refractivity contribution is -0.140. The van der Waals surface area contributed by atoms with Crippen molar-refractivity contribution in [2.45, 2.75) is 39.2 Å². The standard InChI is InChI=1S/C28H32BrClN2O6S/c1-17-22(15-26(34)39(13-5-4-12-29)16-24(28(36)37)31-18(2)33)23-14-21(38-3)10-11-25(23)32(17)27(35)19-6-8-20(30)9-7-19/h6-11,14,24,39H,4-5,12-13,15-16H2,1-3H3,(H,31,33)(H,36,37)/t24-/m0/s1. The molecule has 2 atom stereocenters. The number of nitrogens with one attached hydrogen (secondary N) is 1. The summed E-state index contributed by atoms with van der Waals surface area (Å²) in [5.41, 5.74) is 2.40. The van der Waals surface area contributed by atoms with Gasteiger partial charge in [0.1, 0.15) is 11.8 Å². The third-order valence-corrected chi connectivity index (χ3v) is 9.75. The second kappa shape index (κ2) is 14.0. The minimum absolute atomic E-state index is 0.0306. The van der Waals surface area contributed by atoms with Crippen molar-refractivity contribution < 1.29 is 29.0 Å². The van der Waals surface area contributed by atoms with Gasteiger partial charge in [-0.15, -0.1) is 0 Å². The van der Waals surface area contributed by atoms with Gasteiger partial charge in [0.2, 0.25) is 5.91 Å². The number of ether oxygens (including phenoxy) is 1. The molecule has 0 saturated heterocycles. The molecule has 3 rings (SSSR count). The van der Waals surface area contributed by atoms with Crippen molar-refractivity contribution in [3.05, 3.63) is 64.3 Å². The quantitative estimate of drug-likeness (QED) is 0.144. The molecule has 210 valence electrons. The molecule has 1 aromatic heterocycles. The lowest BCUT2D eigenvalue weighted by atomic mass is 10.1. The Hall–Kier alpha value is -2.82. The van der Waals surface area contributed by atoms with Crippen LogP contribution in [-0.2, 0) is 20.8 Å². The molecule has 1 amide bonds. The van der Waals surface area contributed by atoms with E-state index in [1.165, 1.54) is 6.92 Å². The van der Waals surface area contributed by atoms with Gasteiger partial charge in [-0.25, -0.2) is 4.79 Å². The molecule has 0 saturated carbocycles. The minimum Gasteiger partial charge on any atom is -0.497 e. The fraction of sp³-hybridized carbons (Fsp3) is 0.357. The lowest BCUT2D eigenvalue weighted by Crippen LogP contribution is -2.43. The molecule has 0 bridgehead atoms. The number of halogens is 2. The van der Waals surface area contributed by atoms with Crippen molar-refractivity contribution in [3.63, 3.8) is 0 Å². The predicted octanol–water partition coefficient (Wildman–Crippen LogP) is 5.13. The van der Waals surface area contributed by atoms with E-state index in [4.69, 9.17) is 16.3 Å². The van der Waals surface area contributed by atoms with E-state index in [1.54, 1.807) is 61.1 Å². The Morgan fingerprint density at radius 1 is 1.13 bits per heavy atom. The highest BCUT2D eigenvalue weighted by atomic mass is 79.9. The first-order chi connectivity index (χ1) is 18.6. The Labute approximate surface area is 243 Å². The molecule has 1 heterocycles. The smallest absolute Gasteiger partial charge is 0.327 e. The third kappa shape index (κ3) is 7.64. The van der Waals surface area contributed by atoms with Crippen LogP contribution in [0.4, 0.5) is 0 Å². The van der Waals surface area contributed by atoms with Crippen LogP contribution in [0.25, 0.3) is 10.9 Å². The number of hydrogen-bond acceptors (Lipinski definition) is 5. The zero-order valence-corrected chi connectivity index (χ0v) is 25.2. The molecule has 2 N–H and O–H groups in total. The van der Waals surface area contributed by atoms with Gasteiger partial charge >= 0.3 is 5.97 Å². The number of carboxylic acids is 1. The van der Waals surface area contributed by atoms with Crippen molar-refractivity contribution in [2.75, 3.05) is 23.9 Å². The van der Waals surface area contributed by atoms with Gasteiger partial charge in [0.15, 0.2) is 5.12 Å². The number of amides is 1. The summed E-state index contributed by atoms with van der Waals surface area (Å²) in [5.74, 6) is -0.698. The number of aliphatic carboxylic acids is 1. The molecule has 2 aromatic carbocycles. The fourth-order valence-corrected chi connectivity index (χ4v) is 7.26. The maximum atomic E-state index is 13.8. The van der Waals surface area contributed by atoms with Crippen LogP contribution in [0.3, 0.4) is 0 Å². The second-order valence-electron chi connectivity index (χ2n) is 9.10. The highest BCUT2D eigenvalue weighted by Gasteiger charge is 2.28. The van der Waals surface area contributed by atoms with Gasteiger partial charge in [-0.1, -0.05) is 27.5 Å². The van der Waals surface area contributed by atoms with Crippen molar-refractivity contribution >= 4 is 72.2 Å². The Balaban J connectivity index is 2.03. The van der Waals surface area contributed by atoms with Gasteiger partial charge in [0.25, 0.3) is 5.91 Å². The number of carboxylic acid groups (broad SMARTS) is 1. The first kappa shape index (κ1) is 30.7. The van der Waals surface area contributed by atoms with Crippen molar-refractivity contribution in [2.24, 2.45) is 0 Å². The number of nitrogens with zero attached hydrogens (tertiary/aromatic N) is 1. The van der Waals surface area contributed by atoms with Crippen LogP contribution in [-0.4, -0.2) is 62.6 Å². The molecule has 0 spiro atoms. The fourth-order valence-electron chi connectivity index (χ4n) is 4.42. The number of thiol groups is 1. The zero-order valence-electron chi connectivity index (χ0n) is 22.0. The monoisotopic (exact) mass is 638 g/mol. The zero-order chi connectivity index (χ0) is 28.7. The minimum atomic E-state index is -1.39. The number of unbranched alkanes of at least 4 members (excludes halogenated alkanes) is 1. The molecular formula is C28H32BrClN2O6S. The average molecular weight is 640 g/mol. The van der Waals surface area contributed by atoms with Crippen LogP contribution in [0.1, 0.15) is 41.4 Å². The Bertz CT molecular complexity index is 1370. The van der Waals surface area contributed by atoms with Crippen LogP contribution in [0.5, 0.6) is 5.75 Å². The van der Waals surface area contributed by atoms with Crippen molar-refractivity contribution in [1.29, 1.82) is 0 Å². The number of methoxy groups -OCH3 is 1. The topological polar surface area (TPSA) is 115 Å². The van der Waals surface area contributed by atoms with Gasteiger partial charge in [-0.2, -0.15) is 10.9 Å². The molecule has 0 fully saturated rings. The number of hydrogen-bond donors (Lipinski definition) is 3. The van der Waals surface area contributed by atoms with Crippen LogP contribution in [0, 0.1) is 6.92 Å². The molecule has 1 unspecified atom stereocenters. The van der Waals surface area contributed by atoms with Crippen LogP contribution in [0.2, 0.25) is 5.02 Å². The van der Waals surface area contributed by atoms with Gasteiger partial charge in [0, 0.05) is 46.1 Å². The highest BCUT2D eigenvalue weighted by molar-refractivity contribution is 9.09. The number of alkyl halides is 1. The number of fused-ring (bicyclic) bond motifs is 1. The molecular weight excluding hydrogens is 608 g/mol. The van der Waals surface area contributed by atoms with E-state index in [0.717, 1.165) is 23.6 Å². The SMILES string of the molecule is COc1ccc2c(c1)c(CC(=O)[SH](CCCCBr)C[C@H](NC(C)=O)C(=O)O)c(C)n2C(=O)c1ccc(Cl)cc1. The molecule has 11 heteroatoms. The average Bonchev–Trinajstić information content (AvgIpc) is 3.17. The number of aromatic nitrogens is 1. The number of benzene rings is 2. The Morgan fingerprint density at radius 3 is 2.41 bits per heavy atom. The van der Waals surface area contributed by atoms with Gasteiger partial charge < -0.3 is 15.2 Å². The molecule has 39 heavy (non-hydrogen) atoms. The second-order valence-corrected chi connectivity index (χ2v) is 12.7. The molecule has 0 aliphatic carbocycles. The van der Waals surface area contributed by atoms with Gasteiger partial charge in [-0.05, 0) is 73.5 Å². The summed E-state index contributed by atoms with van der Waals surface area (Å²) in [7, 11) is 0.160. The van der Waals surface area contributed by atoms with E-state index in [1.807, 2.05) is 0 Å². The van der Waals surface area contributed by atoms with E-state index in [0.29, 0.717) is 38.9 Å². The lowest BCUT2D eigenvalue weighted by Gasteiger charge is -2.24. The molecule has 0 aliphatic heterocycles. The highest BCUT2D eigenvalue weighted by Crippen LogP contribution is 2.36. The predicted molar refractivity (Wildman–Crippen MR) is 160 cm³/mol. The van der Waals surface area contributed by atoms with Crippen molar-refractivity contribution in [1.82, 2.24) is 9.88 Å². The Morgan fingerprint density at radius 2 is 1.82 bits per heavy atom. The summed E-state index contributed by atoms with van der Waals surface area (Å²) < 4.78 is 7.01. The third-order valence-electron chi connectivity index (χ3n) is 6.41. The summed E-state index contributed by atoms with van der Waals surface area (Å²) in [6.45, 7) is 3.06. The van der Waals surface area contributed by atoms with Crippen LogP contribution in [0.15, 0.2) is 42.5 Å². The first-order valence-corrected chi connectivity index (χ1v) is 15.6. The van der Waals surface area contributed by atoms with Crippen LogP contribution < -0.4 is 10.1 Å². The first-order valence-electron chi connectivity index (χ1n) is 12.4. The van der Waals surface area contributed by atoms with E-state index in [2.05, 4.69) is 21.2 Å². The van der Waals surface area contributed by atoms with E-state index in [9.17, 15) is 24.3 Å². The summed E-state index contributed by atoms with van der Waals surface area (Å²) in [6, 6.07) is 10.8. The van der Waals surface area contributed by atoms with Crippen molar-refractivity contribution in [3.8, 4) is 5.75 Å². The van der Waals surface area contributed by atoms with Gasteiger partial charge in [0.05, 0.1) is 12.6 Å². The normalized spacial score (nSPS) is 13.1. The summed E-state index contributed by atoms with van der Waals surface area (Å²) >= 11 is 9.42. The largest absolute Gasteiger partial charge is 0.497 e. The summed E-state index contributed by atoms with van der Waals surface area (Å²) in [5, 5.41) is 14.0. The van der Waals surface area contributed by atoms with E-state index >= 15 is 0 Å². The van der Waals surface area contributed by atoms with E-state index < -0.39 is 28.8 Å². The number of rotatable bonds is 12. The maximum Gasteiger partial charge on any atom is 0.327 e. The molecule has 3 aromatic rings. The number of carbonyl (C=O) groups excluding carboxylic acids is 3. The van der Waals surface area contributed by atoms with Crippen LogP contribution >= 0.6 is 38.4 Å². The summed E-state index contributed by atoms with van der Waals surface area (Å²) in [6.07, 6.45) is 1.62. The number of carbonyl (C=O) groups is 4. The molecule has 8 nitrogen and oxygen atoms in total. The Kier molecular flexibility index (Phi) is 11.0. The molecule has 0 radical (unpaired) electrons. The maximum absolute atomic E-state index is 13.8. The van der Waals surface area contributed by atoms with E-state index in [-0.39, 0.29) is 23.2 Å². The summed E-state index contributed by atoms with van der Waals surface area (Å²) in [4.78, 5) is 50.8. The molecule has 0 aliphatic rings.